The molecule has 1 aliphatic carbocycles. The van der Waals surface area contributed by atoms with E-state index in [2.05, 4.69) is 0 Å². The molecule has 7 heteroatoms. The number of benzene rings is 4. The smallest absolute Gasteiger partial charge is 0.269 e. The van der Waals surface area contributed by atoms with Gasteiger partial charge in [-0.2, -0.15) is 0 Å². The number of hydrogen-bond acceptors (Lipinski definition) is 6. The molecule has 41 heavy (non-hydrogen) atoms. The molecule has 0 saturated carbocycles. The van der Waals surface area contributed by atoms with Crippen LogP contribution in [0.5, 0.6) is 0 Å². The Balaban J connectivity index is 1.55. The van der Waals surface area contributed by atoms with Gasteiger partial charge in [-0.3, -0.25) is 24.5 Å². The van der Waals surface area contributed by atoms with Gasteiger partial charge in [-0.15, -0.1) is 0 Å². The molecule has 0 N–H and O–H groups in total. The van der Waals surface area contributed by atoms with Gasteiger partial charge in [-0.25, -0.2) is 0 Å². The van der Waals surface area contributed by atoms with Crippen molar-refractivity contribution in [1.29, 1.82) is 0 Å². The first kappa shape index (κ1) is 24.8. The molecule has 7 rings (SSSR count). The summed E-state index contributed by atoms with van der Waals surface area (Å²) in [5.41, 5.74) is 2.52. The molecule has 3 atom stereocenters. The Morgan fingerprint density at radius 2 is 1.49 bits per heavy atom. The van der Waals surface area contributed by atoms with Crippen LogP contribution in [0.15, 0.2) is 103 Å². The first-order valence-electron chi connectivity index (χ1n) is 13.4. The number of hydrogen-bond donors (Lipinski definition) is 0. The Bertz CT molecular complexity index is 1770. The Morgan fingerprint density at radius 1 is 0.854 bits per heavy atom. The monoisotopic (exact) mass is 540 g/mol. The number of nitro benzene ring substituents is 1. The minimum Gasteiger partial charge on any atom is -0.352 e. The van der Waals surface area contributed by atoms with Gasteiger partial charge in [-0.1, -0.05) is 91.0 Å². The number of nitro groups is 1. The van der Waals surface area contributed by atoms with Crippen LogP contribution < -0.4 is 4.90 Å². The number of carbonyl (C=O) groups is 3. The molecule has 0 radical (unpaired) electrons. The fraction of sp³-hybridized carbons (Fsp3) is 0.147. The van der Waals surface area contributed by atoms with E-state index in [-0.39, 0.29) is 23.0 Å². The third-order valence-electron chi connectivity index (χ3n) is 8.75. The minimum absolute atomic E-state index is 0.113. The average molecular weight is 541 g/mol. The lowest BCUT2D eigenvalue weighted by Gasteiger charge is -2.37. The van der Waals surface area contributed by atoms with Crippen LogP contribution in [0.1, 0.15) is 53.7 Å². The van der Waals surface area contributed by atoms with Crippen LogP contribution >= 0.6 is 0 Å². The molecule has 0 aromatic heterocycles. The van der Waals surface area contributed by atoms with Gasteiger partial charge in [0, 0.05) is 40.4 Å². The molecule has 3 unspecified atom stereocenters. The van der Waals surface area contributed by atoms with Crippen LogP contribution in [-0.2, 0) is 0 Å². The lowest BCUT2D eigenvalue weighted by atomic mass is 9.64. The Hall–Kier alpha value is -5.17. The molecule has 0 bridgehead atoms. The number of non-ortho nitro benzene ring substituents is 1. The third kappa shape index (κ3) is 3.35. The summed E-state index contributed by atoms with van der Waals surface area (Å²) in [5, 5.41) is 11.5. The number of Topliss-reactive ketones (excluding diaryl/α,β-unsaturated/α-hetero) is 3. The lowest BCUT2D eigenvalue weighted by molar-refractivity contribution is -0.384. The zero-order valence-electron chi connectivity index (χ0n) is 22.1. The van der Waals surface area contributed by atoms with Crippen molar-refractivity contribution in [2.24, 2.45) is 5.41 Å². The zero-order chi connectivity index (χ0) is 28.5. The van der Waals surface area contributed by atoms with E-state index in [1.807, 2.05) is 48.2 Å². The fourth-order valence-electron chi connectivity index (χ4n) is 7.02. The number of nitrogens with zero attached hydrogens (tertiary/aromatic N) is 2. The zero-order valence-corrected chi connectivity index (χ0v) is 22.1. The summed E-state index contributed by atoms with van der Waals surface area (Å²) >= 11 is 0. The molecule has 3 aliphatic rings. The van der Waals surface area contributed by atoms with Crippen LogP contribution in [0, 0.1) is 22.5 Å². The highest BCUT2D eigenvalue weighted by atomic mass is 16.6. The third-order valence-corrected chi connectivity index (χ3v) is 8.75. The summed E-state index contributed by atoms with van der Waals surface area (Å²) < 4.78 is 0. The number of ketones is 3. The van der Waals surface area contributed by atoms with Crippen molar-refractivity contribution >= 4 is 34.8 Å². The van der Waals surface area contributed by atoms with E-state index in [0.29, 0.717) is 22.3 Å². The largest absolute Gasteiger partial charge is 0.352 e. The lowest BCUT2D eigenvalue weighted by Crippen LogP contribution is -2.48. The van der Waals surface area contributed by atoms with E-state index in [0.717, 1.165) is 16.8 Å². The number of fused-ring (bicyclic) bond motifs is 5. The number of carbonyl (C=O) groups excluding carboxylic acids is 3. The Labute approximate surface area is 235 Å². The molecule has 1 saturated heterocycles. The van der Waals surface area contributed by atoms with E-state index in [1.54, 1.807) is 60.7 Å². The van der Waals surface area contributed by atoms with Crippen molar-refractivity contribution in [3.05, 3.63) is 147 Å². The summed E-state index contributed by atoms with van der Waals surface area (Å²) in [4.78, 5) is 56.8. The summed E-state index contributed by atoms with van der Waals surface area (Å²) in [7, 11) is 0. The van der Waals surface area contributed by atoms with Gasteiger partial charge in [-0.05, 0) is 29.7 Å². The highest BCUT2D eigenvalue weighted by Gasteiger charge is 2.71. The van der Waals surface area contributed by atoms with Crippen molar-refractivity contribution < 1.29 is 19.3 Å². The van der Waals surface area contributed by atoms with Crippen LogP contribution in [0.4, 0.5) is 11.4 Å². The second-order valence-electron chi connectivity index (χ2n) is 10.8. The normalized spacial score (nSPS) is 21.5. The number of rotatable bonds is 4. The van der Waals surface area contributed by atoms with Crippen molar-refractivity contribution in [3.8, 4) is 0 Å². The maximum absolute atomic E-state index is 14.6. The molecule has 1 fully saturated rings. The van der Waals surface area contributed by atoms with Crippen LogP contribution in [-0.4, -0.2) is 34.4 Å². The first-order valence-corrected chi connectivity index (χ1v) is 13.4. The highest BCUT2D eigenvalue weighted by molar-refractivity contribution is 6.32. The van der Waals surface area contributed by atoms with Gasteiger partial charge in [0.1, 0.15) is 11.5 Å². The number of aryl methyl sites for hydroxylation is 1. The highest BCUT2D eigenvalue weighted by Crippen LogP contribution is 2.61. The summed E-state index contributed by atoms with van der Waals surface area (Å²) in [6.07, 6.45) is 3.79. The molecule has 7 nitrogen and oxygen atoms in total. The van der Waals surface area contributed by atoms with Gasteiger partial charge in [0.25, 0.3) is 5.69 Å². The standard InChI is InChI=1S/C34H24N2O5/c1-20-11-12-21-15-18-28-34(32(38)25-9-5-6-10-26(25)33(34)39)29(22-13-16-24(17-14-22)36(40)41)30(35(28)27(21)19-20)31(37)23-7-3-2-4-8-23/h2-19,28-30H,1H3. The molecular weight excluding hydrogens is 516 g/mol. The van der Waals surface area contributed by atoms with Crippen molar-refractivity contribution in [2.45, 2.75) is 24.9 Å². The predicted octanol–water partition coefficient (Wildman–Crippen LogP) is 6.22. The number of anilines is 1. The molecule has 200 valence electrons. The van der Waals surface area contributed by atoms with E-state index in [9.17, 15) is 24.5 Å². The molecule has 2 aliphatic heterocycles. The van der Waals surface area contributed by atoms with Gasteiger partial charge >= 0.3 is 0 Å². The summed E-state index contributed by atoms with van der Waals surface area (Å²) in [5.74, 6) is -1.80. The van der Waals surface area contributed by atoms with E-state index in [1.165, 1.54) is 12.1 Å². The molecular formula is C34H24N2O5. The molecule has 2 heterocycles. The quantitative estimate of drug-likeness (QED) is 0.132. The van der Waals surface area contributed by atoms with Crippen molar-refractivity contribution in [3.63, 3.8) is 0 Å². The van der Waals surface area contributed by atoms with E-state index in [4.69, 9.17) is 0 Å². The summed E-state index contributed by atoms with van der Waals surface area (Å²) in [6, 6.07) is 25.8. The molecule has 0 amide bonds. The van der Waals surface area contributed by atoms with Crippen LogP contribution in [0.25, 0.3) is 6.08 Å². The first-order chi connectivity index (χ1) is 19.8. The maximum atomic E-state index is 14.6. The maximum Gasteiger partial charge on any atom is 0.269 e. The second-order valence-corrected chi connectivity index (χ2v) is 10.8. The van der Waals surface area contributed by atoms with Gasteiger partial charge < -0.3 is 4.90 Å². The van der Waals surface area contributed by atoms with E-state index < -0.39 is 28.3 Å². The minimum atomic E-state index is -1.65. The van der Waals surface area contributed by atoms with E-state index >= 15 is 0 Å². The fourth-order valence-corrected chi connectivity index (χ4v) is 7.02. The Morgan fingerprint density at radius 3 is 2.12 bits per heavy atom. The predicted molar refractivity (Wildman–Crippen MR) is 154 cm³/mol. The molecule has 1 spiro atoms. The van der Waals surface area contributed by atoms with Crippen molar-refractivity contribution in [1.82, 2.24) is 0 Å². The SMILES string of the molecule is Cc1ccc2c(c1)N1C(C(=O)c3ccccc3)C(c3ccc([N+](=O)[O-])cc3)C3(C(=O)c4ccccc4C3=O)C1C=C2. The van der Waals surface area contributed by atoms with Gasteiger partial charge in [0.05, 0.1) is 11.0 Å². The average Bonchev–Trinajstić information content (AvgIpc) is 3.43. The van der Waals surface area contributed by atoms with Crippen LogP contribution in [0.2, 0.25) is 0 Å². The second kappa shape index (κ2) is 8.93. The molecule has 4 aromatic carbocycles. The topological polar surface area (TPSA) is 97.6 Å². The van der Waals surface area contributed by atoms with Crippen molar-refractivity contribution in [2.75, 3.05) is 4.90 Å². The summed E-state index contributed by atoms with van der Waals surface area (Å²) in [6.45, 7) is 1.96. The molecule has 4 aromatic rings. The van der Waals surface area contributed by atoms with Crippen LogP contribution in [0.3, 0.4) is 0 Å². The van der Waals surface area contributed by atoms with Gasteiger partial charge in [0.2, 0.25) is 0 Å². The van der Waals surface area contributed by atoms with Gasteiger partial charge in [0.15, 0.2) is 17.3 Å². The Kier molecular flexibility index (Phi) is 5.41.